The Morgan fingerprint density at radius 1 is 1.38 bits per heavy atom. The zero-order valence-corrected chi connectivity index (χ0v) is 14.2. The summed E-state index contributed by atoms with van der Waals surface area (Å²) >= 11 is 6.04. The average molecular weight is 349 g/mol. The molecule has 0 radical (unpaired) electrons. The van der Waals surface area contributed by atoms with Gasteiger partial charge in [0, 0.05) is 23.6 Å². The number of aromatic nitrogens is 1. The number of nitrogens with zero attached hydrogens (tertiary/aromatic N) is 2. The van der Waals surface area contributed by atoms with Gasteiger partial charge in [-0.1, -0.05) is 16.8 Å². The quantitative estimate of drug-likeness (QED) is 0.763. The van der Waals surface area contributed by atoms with E-state index in [1.54, 1.807) is 25.1 Å². The van der Waals surface area contributed by atoms with Gasteiger partial charge in [0.25, 0.3) is 0 Å². The number of amides is 1. The third-order valence-electron chi connectivity index (χ3n) is 3.90. The van der Waals surface area contributed by atoms with Gasteiger partial charge in [-0.05, 0) is 38.0 Å². The Bertz CT molecular complexity index is 783. The van der Waals surface area contributed by atoms with Gasteiger partial charge in [0.1, 0.15) is 0 Å². The maximum absolute atomic E-state index is 13.0. The minimum absolute atomic E-state index is 0.241. The van der Waals surface area contributed by atoms with E-state index in [4.69, 9.17) is 20.9 Å². The molecule has 1 fully saturated rings. The Hall–Kier alpha value is -2.34. The molecule has 2 aromatic rings. The van der Waals surface area contributed by atoms with E-state index in [0.29, 0.717) is 27.6 Å². The second-order valence-corrected chi connectivity index (χ2v) is 6.06. The average Bonchev–Trinajstić information content (AvgIpc) is 3.30. The molecule has 24 heavy (non-hydrogen) atoms. The molecule has 1 heterocycles. The third-order valence-corrected chi connectivity index (χ3v) is 4.13. The van der Waals surface area contributed by atoms with Crippen molar-refractivity contribution in [1.82, 2.24) is 5.16 Å². The SMILES string of the molecule is CCOC(=O)N(C)c1cc(Cl)ccc1C(=O)c1cnoc1C1CC1. The summed E-state index contributed by atoms with van der Waals surface area (Å²) in [6, 6.07) is 4.77. The molecule has 0 aliphatic heterocycles. The van der Waals surface area contributed by atoms with Crippen molar-refractivity contribution in [3.8, 4) is 0 Å². The molecule has 0 spiro atoms. The zero-order chi connectivity index (χ0) is 17.3. The highest BCUT2D eigenvalue weighted by Gasteiger charge is 2.33. The van der Waals surface area contributed by atoms with Crippen LogP contribution in [0, 0.1) is 0 Å². The highest BCUT2D eigenvalue weighted by atomic mass is 35.5. The Kier molecular flexibility index (Phi) is 4.57. The molecule has 0 atom stereocenters. The van der Waals surface area contributed by atoms with E-state index in [2.05, 4.69) is 5.16 Å². The monoisotopic (exact) mass is 348 g/mol. The molecule has 0 bridgehead atoms. The van der Waals surface area contributed by atoms with Crippen molar-refractivity contribution < 1.29 is 18.8 Å². The molecule has 0 unspecified atom stereocenters. The van der Waals surface area contributed by atoms with Crippen molar-refractivity contribution in [3.63, 3.8) is 0 Å². The number of carbonyl (C=O) groups is 2. The van der Waals surface area contributed by atoms with Crippen molar-refractivity contribution in [1.29, 1.82) is 0 Å². The lowest BCUT2D eigenvalue weighted by Gasteiger charge is -2.19. The second kappa shape index (κ2) is 6.65. The van der Waals surface area contributed by atoms with E-state index in [-0.39, 0.29) is 18.3 Å². The largest absolute Gasteiger partial charge is 0.449 e. The summed E-state index contributed by atoms with van der Waals surface area (Å²) in [5, 5.41) is 4.18. The van der Waals surface area contributed by atoms with Crippen LogP contribution in [0.4, 0.5) is 10.5 Å². The number of carbonyl (C=O) groups excluding carboxylic acids is 2. The first kappa shape index (κ1) is 16.5. The van der Waals surface area contributed by atoms with Gasteiger partial charge in [-0.15, -0.1) is 0 Å². The fraction of sp³-hybridized carbons (Fsp3) is 0.353. The van der Waals surface area contributed by atoms with E-state index < -0.39 is 6.09 Å². The van der Waals surface area contributed by atoms with Gasteiger partial charge >= 0.3 is 6.09 Å². The molecule has 1 saturated carbocycles. The highest BCUT2D eigenvalue weighted by molar-refractivity contribution is 6.31. The molecule has 7 heteroatoms. The van der Waals surface area contributed by atoms with Crippen molar-refractivity contribution in [3.05, 3.63) is 46.3 Å². The van der Waals surface area contributed by atoms with Crippen LogP contribution in [0.15, 0.2) is 28.9 Å². The minimum Gasteiger partial charge on any atom is -0.449 e. The zero-order valence-electron chi connectivity index (χ0n) is 13.4. The fourth-order valence-electron chi connectivity index (χ4n) is 2.50. The number of hydrogen-bond donors (Lipinski definition) is 0. The lowest BCUT2D eigenvalue weighted by Crippen LogP contribution is -2.28. The minimum atomic E-state index is -0.554. The topological polar surface area (TPSA) is 72.6 Å². The molecule has 3 rings (SSSR count). The molecular weight excluding hydrogens is 332 g/mol. The third kappa shape index (κ3) is 3.14. The number of halogens is 1. The highest BCUT2D eigenvalue weighted by Crippen LogP contribution is 2.42. The van der Waals surface area contributed by atoms with E-state index in [1.807, 2.05) is 0 Å². The van der Waals surface area contributed by atoms with Crippen LogP contribution < -0.4 is 4.90 Å². The summed E-state index contributed by atoms with van der Waals surface area (Å²) in [4.78, 5) is 26.2. The van der Waals surface area contributed by atoms with Gasteiger partial charge < -0.3 is 9.26 Å². The molecule has 126 valence electrons. The smallest absolute Gasteiger partial charge is 0.414 e. The van der Waals surface area contributed by atoms with Gasteiger partial charge in [-0.25, -0.2) is 4.79 Å². The Balaban J connectivity index is 1.99. The first-order valence-corrected chi connectivity index (χ1v) is 8.10. The molecule has 6 nitrogen and oxygen atoms in total. The van der Waals surface area contributed by atoms with Gasteiger partial charge in [-0.3, -0.25) is 9.69 Å². The van der Waals surface area contributed by atoms with Crippen molar-refractivity contribution >= 4 is 29.2 Å². The second-order valence-electron chi connectivity index (χ2n) is 5.63. The Labute approximate surface area is 144 Å². The summed E-state index contributed by atoms with van der Waals surface area (Å²) in [6.07, 6.45) is 2.86. The Morgan fingerprint density at radius 3 is 2.79 bits per heavy atom. The van der Waals surface area contributed by atoms with Crippen LogP contribution >= 0.6 is 11.6 Å². The molecule has 1 aromatic carbocycles. The molecule has 1 aliphatic rings. The number of rotatable bonds is 5. The summed E-state index contributed by atoms with van der Waals surface area (Å²) in [5.41, 5.74) is 1.16. The normalized spacial score (nSPS) is 13.6. The van der Waals surface area contributed by atoms with Crippen LogP contribution in [-0.4, -0.2) is 30.7 Å². The van der Waals surface area contributed by atoms with E-state index in [0.717, 1.165) is 12.8 Å². The molecule has 1 amide bonds. The van der Waals surface area contributed by atoms with Crippen LogP contribution in [0.25, 0.3) is 0 Å². The standard InChI is InChI=1S/C17H17ClN2O4/c1-3-23-17(22)20(2)14-8-11(18)6-7-12(14)15(21)13-9-19-24-16(13)10-4-5-10/h6-10H,3-5H2,1-2H3. The summed E-state index contributed by atoms with van der Waals surface area (Å²) in [6.45, 7) is 1.96. The number of anilines is 1. The van der Waals surface area contributed by atoms with Crippen molar-refractivity contribution in [2.45, 2.75) is 25.7 Å². The van der Waals surface area contributed by atoms with Gasteiger partial charge in [0.2, 0.25) is 0 Å². The molecule has 0 N–H and O–H groups in total. The lowest BCUT2D eigenvalue weighted by molar-refractivity contribution is 0.103. The number of ether oxygens (including phenoxy) is 1. The van der Waals surface area contributed by atoms with Gasteiger partial charge in [-0.2, -0.15) is 0 Å². The summed E-state index contributed by atoms with van der Waals surface area (Å²) < 4.78 is 10.2. The van der Waals surface area contributed by atoms with Crippen LogP contribution in [0.3, 0.4) is 0 Å². The fourth-order valence-corrected chi connectivity index (χ4v) is 2.66. The number of hydrogen-bond acceptors (Lipinski definition) is 5. The summed E-state index contributed by atoms with van der Waals surface area (Å²) in [7, 11) is 1.54. The first-order valence-electron chi connectivity index (χ1n) is 7.72. The maximum atomic E-state index is 13.0. The van der Waals surface area contributed by atoms with Crippen molar-refractivity contribution in [2.24, 2.45) is 0 Å². The van der Waals surface area contributed by atoms with E-state index in [1.165, 1.54) is 18.1 Å². The van der Waals surface area contributed by atoms with Gasteiger partial charge in [0.15, 0.2) is 11.5 Å². The molecule has 1 aliphatic carbocycles. The van der Waals surface area contributed by atoms with Crippen LogP contribution in [0.5, 0.6) is 0 Å². The predicted molar refractivity (Wildman–Crippen MR) is 88.8 cm³/mol. The molecule has 1 aromatic heterocycles. The van der Waals surface area contributed by atoms with Crippen molar-refractivity contribution in [2.75, 3.05) is 18.6 Å². The molecule has 0 saturated heterocycles. The van der Waals surface area contributed by atoms with Gasteiger partial charge in [0.05, 0.1) is 24.1 Å². The van der Waals surface area contributed by atoms with E-state index >= 15 is 0 Å². The van der Waals surface area contributed by atoms with Crippen LogP contribution in [0.1, 0.15) is 47.4 Å². The Morgan fingerprint density at radius 2 is 2.12 bits per heavy atom. The van der Waals surface area contributed by atoms with E-state index in [9.17, 15) is 9.59 Å². The number of ketones is 1. The van der Waals surface area contributed by atoms with Crippen LogP contribution in [-0.2, 0) is 4.74 Å². The first-order chi connectivity index (χ1) is 11.5. The number of benzene rings is 1. The lowest BCUT2D eigenvalue weighted by atomic mass is 10.0. The predicted octanol–water partition coefficient (Wildman–Crippen LogP) is 4.03. The maximum Gasteiger partial charge on any atom is 0.414 e. The summed E-state index contributed by atoms with van der Waals surface area (Å²) in [5.74, 6) is 0.616. The molecular formula is C17H17ClN2O4. The van der Waals surface area contributed by atoms with Crippen LogP contribution in [0.2, 0.25) is 5.02 Å².